The molecule has 3 heterocycles. The predicted molar refractivity (Wildman–Crippen MR) is 97.1 cm³/mol. The molecule has 4 rings (SSSR count). The number of thiazole rings is 1. The van der Waals surface area contributed by atoms with Crippen LogP contribution in [0.2, 0.25) is 0 Å². The SMILES string of the molecule is COc1cccc(-c2nc(CSc3nnc(Cn4cncn4)o3)cs2)c1. The van der Waals surface area contributed by atoms with E-state index in [1.54, 1.807) is 29.5 Å². The van der Waals surface area contributed by atoms with E-state index in [0.717, 1.165) is 22.0 Å². The molecule has 132 valence electrons. The summed E-state index contributed by atoms with van der Waals surface area (Å²) in [6.45, 7) is 0.407. The highest BCUT2D eigenvalue weighted by Gasteiger charge is 2.10. The Morgan fingerprint density at radius 3 is 3.12 bits per heavy atom. The van der Waals surface area contributed by atoms with Gasteiger partial charge in [0.1, 0.15) is 30.0 Å². The first-order valence-corrected chi connectivity index (χ1v) is 9.53. The number of methoxy groups -OCH3 is 1. The maximum atomic E-state index is 5.61. The van der Waals surface area contributed by atoms with Crippen LogP contribution in [0.15, 0.2) is 51.9 Å². The highest BCUT2D eigenvalue weighted by atomic mass is 32.2. The van der Waals surface area contributed by atoms with Crippen molar-refractivity contribution in [1.29, 1.82) is 0 Å². The third-order valence-electron chi connectivity index (χ3n) is 3.42. The van der Waals surface area contributed by atoms with Gasteiger partial charge in [-0.2, -0.15) is 5.10 Å². The van der Waals surface area contributed by atoms with Crippen molar-refractivity contribution in [1.82, 2.24) is 29.9 Å². The molecule has 10 heteroatoms. The molecule has 0 unspecified atom stereocenters. The zero-order valence-electron chi connectivity index (χ0n) is 13.8. The van der Waals surface area contributed by atoms with Gasteiger partial charge >= 0.3 is 0 Å². The highest BCUT2D eigenvalue weighted by Crippen LogP contribution is 2.29. The first-order valence-electron chi connectivity index (χ1n) is 7.66. The second kappa shape index (κ2) is 7.67. The van der Waals surface area contributed by atoms with E-state index in [9.17, 15) is 0 Å². The topological polar surface area (TPSA) is 91.8 Å². The van der Waals surface area contributed by atoms with Crippen molar-refractivity contribution < 1.29 is 9.15 Å². The lowest BCUT2D eigenvalue weighted by Gasteiger charge is -2.01. The van der Waals surface area contributed by atoms with E-state index in [1.807, 2.05) is 29.6 Å². The summed E-state index contributed by atoms with van der Waals surface area (Å²) in [5.74, 6) is 1.97. The Kier molecular flexibility index (Phi) is 4.93. The third-order valence-corrected chi connectivity index (χ3v) is 5.22. The number of benzene rings is 1. The second-order valence-corrected chi connectivity index (χ2v) is 7.00. The van der Waals surface area contributed by atoms with E-state index < -0.39 is 0 Å². The fourth-order valence-electron chi connectivity index (χ4n) is 2.21. The van der Waals surface area contributed by atoms with Gasteiger partial charge in [-0.3, -0.25) is 0 Å². The number of hydrogen-bond acceptors (Lipinski definition) is 9. The van der Waals surface area contributed by atoms with Crippen LogP contribution in [0.25, 0.3) is 10.6 Å². The molecule has 0 aliphatic carbocycles. The minimum absolute atomic E-state index is 0.407. The first kappa shape index (κ1) is 16.7. The Morgan fingerprint density at radius 2 is 2.27 bits per heavy atom. The summed E-state index contributed by atoms with van der Waals surface area (Å²) in [6, 6.07) is 7.87. The van der Waals surface area contributed by atoms with Gasteiger partial charge in [0.05, 0.1) is 12.8 Å². The molecule has 3 aromatic heterocycles. The lowest BCUT2D eigenvalue weighted by molar-refractivity contribution is 0.397. The molecule has 26 heavy (non-hydrogen) atoms. The quantitative estimate of drug-likeness (QED) is 0.447. The maximum absolute atomic E-state index is 5.61. The van der Waals surface area contributed by atoms with E-state index in [2.05, 4.69) is 25.3 Å². The molecule has 1 aromatic carbocycles. The Bertz CT molecular complexity index is 982. The molecule has 0 saturated heterocycles. The van der Waals surface area contributed by atoms with Crippen molar-refractivity contribution in [2.75, 3.05) is 7.11 Å². The third kappa shape index (κ3) is 3.92. The lowest BCUT2D eigenvalue weighted by Crippen LogP contribution is -1.99. The molecular formula is C16H14N6O2S2. The molecule has 0 saturated carbocycles. The highest BCUT2D eigenvalue weighted by molar-refractivity contribution is 7.98. The number of thioether (sulfide) groups is 1. The maximum Gasteiger partial charge on any atom is 0.277 e. The van der Waals surface area contributed by atoms with E-state index in [1.165, 1.54) is 18.1 Å². The number of nitrogens with zero attached hydrogens (tertiary/aromatic N) is 6. The first-order chi connectivity index (χ1) is 12.8. The van der Waals surface area contributed by atoms with Crippen LogP contribution in [0.3, 0.4) is 0 Å². The molecule has 0 fully saturated rings. The van der Waals surface area contributed by atoms with Crippen molar-refractivity contribution in [3.63, 3.8) is 0 Å². The van der Waals surface area contributed by atoms with Gasteiger partial charge in [-0.25, -0.2) is 14.6 Å². The van der Waals surface area contributed by atoms with Crippen LogP contribution in [-0.4, -0.2) is 37.1 Å². The second-order valence-electron chi connectivity index (χ2n) is 5.22. The lowest BCUT2D eigenvalue weighted by atomic mass is 10.2. The van der Waals surface area contributed by atoms with Gasteiger partial charge in [-0.1, -0.05) is 23.9 Å². The van der Waals surface area contributed by atoms with Crippen LogP contribution < -0.4 is 4.74 Å². The summed E-state index contributed by atoms with van der Waals surface area (Å²) in [6.07, 6.45) is 3.07. The van der Waals surface area contributed by atoms with Gasteiger partial charge in [0.15, 0.2) is 0 Å². The fourth-order valence-corrected chi connectivity index (χ4v) is 3.81. The van der Waals surface area contributed by atoms with Crippen molar-refractivity contribution in [2.45, 2.75) is 17.5 Å². The van der Waals surface area contributed by atoms with Gasteiger partial charge in [-0.15, -0.1) is 21.5 Å². The van der Waals surface area contributed by atoms with Crippen LogP contribution in [0, 0.1) is 0 Å². The van der Waals surface area contributed by atoms with Crippen molar-refractivity contribution in [3.8, 4) is 16.3 Å². The molecule has 4 aromatic rings. The molecule has 0 amide bonds. The van der Waals surface area contributed by atoms with Crippen molar-refractivity contribution >= 4 is 23.1 Å². The van der Waals surface area contributed by atoms with Crippen LogP contribution >= 0.6 is 23.1 Å². The number of ether oxygens (including phenoxy) is 1. The molecule has 0 atom stereocenters. The Morgan fingerprint density at radius 1 is 1.31 bits per heavy atom. The summed E-state index contributed by atoms with van der Waals surface area (Å²) >= 11 is 3.06. The molecule has 0 radical (unpaired) electrons. The number of rotatable bonds is 7. The number of aromatic nitrogens is 6. The number of hydrogen-bond donors (Lipinski definition) is 0. The summed E-state index contributed by atoms with van der Waals surface area (Å²) in [7, 11) is 1.66. The van der Waals surface area contributed by atoms with Crippen molar-refractivity contribution in [3.05, 3.63) is 53.9 Å². The van der Waals surface area contributed by atoms with Gasteiger partial charge < -0.3 is 9.15 Å². The van der Waals surface area contributed by atoms with Crippen LogP contribution in [0.4, 0.5) is 0 Å². The van der Waals surface area contributed by atoms with E-state index in [-0.39, 0.29) is 0 Å². The van der Waals surface area contributed by atoms with Crippen LogP contribution in [-0.2, 0) is 12.3 Å². The average Bonchev–Trinajstić information content (AvgIpc) is 3.43. The zero-order valence-corrected chi connectivity index (χ0v) is 15.4. The van der Waals surface area contributed by atoms with Gasteiger partial charge in [-0.05, 0) is 12.1 Å². The van der Waals surface area contributed by atoms with E-state index >= 15 is 0 Å². The minimum atomic E-state index is 0.407. The summed E-state index contributed by atoms with van der Waals surface area (Å²) < 4.78 is 12.5. The minimum Gasteiger partial charge on any atom is -0.497 e. The largest absolute Gasteiger partial charge is 0.497 e. The summed E-state index contributed by atoms with van der Waals surface area (Å²) in [4.78, 5) is 8.55. The molecule has 0 spiro atoms. The van der Waals surface area contributed by atoms with Crippen LogP contribution in [0.1, 0.15) is 11.6 Å². The van der Waals surface area contributed by atoms with E-state index in [0.29, 0.717) is 23.4 Å². The molecule has 8 nitrogen and oxygen atoms in total. The van der Waals surface area contributed by atoms with Gasteiger partial charge in [0.25, 0.3) is 5.22 Å². The standard InChI is InChI=1S/C16H14N6O2S2/c1-23-13-4-2-3-11(5-13)15-19-12(7-25-15)8-26-16-21-20-14(24-16)6-22-10-17-9-18-22/h2-5,7,9-10H,6,8H2,1H3. The Balaban J connectivity index is 1.38. The van der Waals surface area contributed by atoms with Crippen LogP contribution in [0.5, 0.6) is 5.75 Å². The Hall–Kier alpha value is -2.72. The fraction of sp³-hybridized carbons (Fsp3) is 0.188. The van der Waals surface area contributed by atoms with Gasteiger partial charge in [0, 0.05) is 16.7 Å². The smallest absolute Gasteiger partial charge is 0.277 e. The molecule has 0 aliphatic rings. The summed E-state index contributed by atoms with van der Waals surface area (Å²) in [5, 5.41) is 15.6. The zero-order chi connectivity index (χ0) is 17.8. The average molecular weight is 386 g/mol. The molecular weight excluding hydrogens is 372 g/mol. The monoisotopic (exact) mass is 386 g/mol. The molecule has 0 N–H and O–H groups in total. The van der Waals surface area contributed by atoms with E-state index in [4.69, 9.17) is 9.15 Å². The van der Waals surface area contributed by atoms with Crippen molar-refractivity contribution in [2.24, 2.45) is 0 Å². The normalized spacial score (nSPS) is 11.0. The Labute approximate surface area is 157 Å². The van der Waals surface area contributed by atoms with Gasteiger partial charge in [0.2, 0.25) is 5.89 Å². The summed E-state index contributed by atoms with van der Waals surface area (Å²) in [5.41, 5.74) is 2.01. The molecule has 0 aliphatic heterocycles. The predicted octanol–water partition coefficient (Wildman–Crippen LogP) is 3.13. The molecule has 0 bridgehead atoms.